The number of β-amino-alcohol motifs (C(OH)–C–C–N with tert-alkyl or cyclic N) is 1. The van der Waals surface area contributed by atoms with E-state index >= 15 is 0 Å². The topological polar surface area (TPSA) is 53.3 Å². The van der Waals surface area contributed by atoms with Gasteiger partial charge in [0.1, 0.15) is 5.92 Å². The van der Waals surface area contributed by atoms with E-state index in [0.717, 1.165) is 31.5 Å². The van der Waals surface area contributed by atoms with Crippen molar-refractivity contribution in [2.45, 2.75) is 50.0 Å². The number of nitrogens with one attached hydrogen (secondary N) is 1. The van der Waals surface area contributed by atoms with E-state index in [9.17, 15) is 18.3 Å². The van der Waals surface area contributed by atoms with E-state index in [0.29, 0.717) is 12.1 Å². The molecule has 2 N–H and O–H groups in total. The number of nitrogens with zero attached hydrogens (tertiary/aromatic N) is 3. The number of fused-ring (bicyclic) bond motifs is 1. The van der Waals surface area contributed by atoms with Crippen LogP contribution in [0.4, 0.5) is 13.2 Å². The first-order chi connectivity index (χ1) is 13.9. The molecule has 0 amide bonds. The van der Waals surface area contributed by atoms with Crippen LogP contribution in [0.15, 0.2) is 36.5 Å². The molecule has 0 spiro atoms. The molecule has 8 heteroatoms. The van der Waals surface area contributed by atoms with E-state index in [2.05, 4.69) is 15.3 Å². The van der Waals surface area contributed by atoms with Gasteiger partial charge < -0.3 is 15.3 Å². The molecule has 0 aliphatic carbocycles. The summed E-state index contributed by atoms with van der Waals surface area (Å²) in [5.41, 5.74) is 1.61. The second kappa shape index (κ2) is 8.45. The van der Waals surface area contributed by atoms with Gasteiger partial charge in [0.2, 0.25) is 0 Å². The predicted molar refractivity (Wildman–Crippen MR) is 104 cm³/mol. The SMILES string of the molecule is OC(CN1CCCCC1)Cn1ncc2c1C(C(F)(F)F)CNC2c1ccccc1. The maximum absolute atomic E-state index is 13.8. The molecule has 5 nitrogen and oxygen atoms in total. The van der Waals surface area contributed by atoms with Crippen molar-refractivity contribution in [2.75, 3.05) is 26.2 Å². The third-order valence-corrected chi connectivity index (χ3v) is 5.91. The van der Waals surface area contributed by atoms with Crippen molar-refractivity contribution >= 4 is 0 Å². The summed E-state index contributed by atoms with van der Waals surface area (Å²) in [5, 5.41) is 17.9. The first kappa shape index (κ1) is 20.4. The molecule has 0 saturated carbocycles. The fourth-order valence-corrected chi connectivity index (χ4v) is 4.51. The minimum absolute atomic E-state index is 0.0694. The lowest BCUT2D eigenvalue weighted by Gasteiger charge is -2.33. The summed E-state index contributed by atoms with van der Waals surface area (Å²) < 4.78 is 42.7. The van der Waals surface area contributed by atoms with Crippen molar-refractivity contribution in [3.63, 3.8) is 0 Å². The third-order valence-electron chi connectivity index (χ3n) is 5.91. The lowest BCUT2D eigenvalue weighted by atomic mass is 9.88. The fraction of sp³-hybridized carbons (Fsp3) is 0.571. The molecule has 1 saturated heterocycles. The molecule has 29 heavy (non-hydrogen) atoms. The quantitative estimate of drug-likeness (QED) is 0.799. The van der Waals surface area contributed by atoms with Crippen LogP contribution >= 0.6 is 0 Å². The van der Waals surface area contributed by atoms with Gasteiger partial charge in [-0.25, -0.2) is 0 Å². The molecular formula is C21H27F3N4O. The van der Waals surface area contributed by atoms with E-state index in [4.69, 9.17) is 0 Å². The van der Waals surface area contributed by atoms with Crippen LogP contribution in [0.3, 0.4) is 0 Å². The van der Waals surface area contributed by atoms with Gasteiger partial charge in [0.15, 0.2) is 0 Å². The van der Waals surface area contributed by atoms with E-state index in [1.165, 1.54) is 17.3 Å². The fourth-order valence-electron chi connectivity index (χ4n) is 4.51. The lowest BCUT2D eigenvalue weighted by molar-refractivity contribution is -0.152. The number of piperidine rings is 1. The number of aliphatic hydroxyl groups is 1. The van der Waals surface area contributed by atoms with E-state index < -0.39 is 18.2 Å². The molecule has 4 rings (SSSR count). The van der Waals surface area contributed by atoms with Crippen molar-refractivity contribution < 1.29 is 18.3 Å². The molecule has 3 atom stereocenters. The number of benzene rings is 1. The number of hydrogen-bond acceptors (Lipinski definition) is 4. The Morgan fingerprint density at radius 1 is 1.10 bits per heavy atom. The summed E-state index contributed by atoms with van der Waals surface area (Å²) in [6.07, 6.45) is -0.212. The summed E-state index contributed by atoms with van der Waals surface area (Å²) in [7, 11) is 0. The Labute approximate surface area is 168 Å². The average Bonchev–Trinajstić information content (AvgIpc) is 3.11. The third kappa shape index (κ3) is 4.49. The highest BCUT2D eigenvalue weighted by molar-refractivity contribution is 5.38. The molecule has 158 valence electrons. The number of halogens is 3. The van der Waals surface area contributed by atoms with Gasteiger partial charge in [-0.1, -0.05) is 36.8 Å². The van der Waals surface area contributed by atoms with E-state index in [-0.39, 0.29) is 24.8 Å². The van der Waals surface area contributed by atoms with Crippen LogP contribution in [0.25, 0.3) is 0 Å². The van der Waals surface area contributed by atoms with Crippen LogP contribution in [-0.2, 0) is 6.54 Å². The standard InChI is InChI=1S/C21H27F3N4O/c22-21(23,24)18-12-25-19(15-7-3-1-4-8-15)17-11-26-28(20(17)18)14-16(29)13-27-9-5-2-6-10-27/h1,3-4,7-8,11,16,18-19,25,29H,2,5-6,9-10,12-14H2. The van der Waals surface area contributed by atoms with Gasteiger partial charge in [0, 0.05) is 18.7 Å². The van der Waals surface area contributed by atoms with Crippen molar-refractivity contribution in [1.29, 1.82) is 0 Å². The molecule has 0 radical (unpaired) electrons. The Bertz CT molecular complexity index is 802. The molecule has 2 aliphatic rings. The van der Waals surface area contributed by atoms with Gasteiger partial charge in [-0.05, 0) is 31.5 Å². The summed E-state index contributed by atoms with van der Waals surface area (Å²) in [5.74, 6) is -1.64. The summed E-state index contributed by atoms with van der Waals surface area (Å²) in [6, 6.07) is 9.10. The first-order valence-electron chi connectivity index (χ1n) is 10.2. The second-order valence-corrected chi connectivity index (χ2v) is 8.03. The second-order valence-electron chi connectivity index (χ2n) is 8.03. The molecule has 2 aliphatic heterocycles. The Morgan fingerprint density at radius 3 is 2.52 bits per heavy atom. The molecule has 1 aromatic heterocycles. The predicted octanol–water partition coefficient (Wildman–Crippen LogP) is 3.07. The van der Waals surface area contributed by atoms with E-state index in [1.54, 1.807) is 0 Å². The zero-order chi connectivity index (χ0) is 20.4. The summed E-state index contributed by atoms with van der Waals surface area (Å²) in [6.45, 7) is 2.19. The average molecular weight is 408 g/mol. The Kier molecular flexibility index (Phi) is 5.94. The molecule has 0 bridgehead atoms. The maximum Gasteiger partial charge on any atom is 0.398 e. The van der Waals surface area contributed by atoms with Gasteiger partial charge in [0.05, 0.1) is 30.6 Å². The Morgan fingerprint density at radius 2 is 1.83 bits per heavy atom. The van der Waals surface area contributed by atoms with Crippen LogP contribution in [0, 0.1) is 0 Å². The zero-order valence-electron chi connectivity index (χ0n) is 16.3. The van der Waals surface area contributed by atoms with Crippen LogP contribution in [0.1, 0.15) is 48.0 Å². The molecule has 3 unspecified atom stereocenters. The Balaban J connectivity index is 1.59. The molecule has 2 aromatic rings. The number of aliphatic hydroxyl groups excluding tert-OH is 1. The number of rotatable bonds is 5. The van der Waals surface area contributed by atoms with Crippen LogP contribution < -0.4 is 5.32 Å². The smallest absolute Gasteiger partial charge is 0.390 e. The van der Waals surface area contributed by atoms with Crippen LogP contribution in [0.2, 0.25) is 0 Å². The summed E-state index contributed by atoms with van der Waals surface area (Å²) in [4.78, 5) is 2.18. The van der Waals surface area contributed by atoms with Gasteiger partial charge in [0.25, 0.3) is 0 Å². The monoisotopic (exact) mass is 408 g/mol. The molecular weight excluding hydrogens is 381 g/mol. The van der Waals surface area contributed by atoms with Gasteiger partial charge in [-0.15, -0.1) is 0 Å². The van der Waals surface area contributed by atoms with Gasteiger partial charge >= 0.3 is 6.18 Å². The lowest BCUT2D eigenvalue weighted by Crippen LogP contribution is -2.42. The number of aromatic nitrogens is 2. The maximum atomic E-state index is 13.8. The minimum Gasteiger partial charge on any atom is -0.390 e. The van der Waals surface area contributed by atoms with Crippen molar-refractivity contribution in [2.24, 2.45) is 0 Å². The first-order valence-corrected chi connectivity index (χ1v) is 10.2. The number of hydrogen-bond donors (Lipinski definition) is 2. The molecule has 1 aromatic carbocycles. The molecule has 1 fully saturated rings. The van der Waals surface area contributed by atoms with Gasteiger partial charge in [-0.2, -0.15) is 18.3 Å². The number of alkyl halides is 3. The largest absolute Gasteiger partial charge is 0.398 e. The Hall–Kier alpha value is -1.90. The number of likely N-dealkylation sites (tertiary alicyclic amines) is 1. The summed E-state index contributed by atoms with van der Waals surface area (Å²) >= 11 is 0. The van der Waals surface area contributed by atoms with Crippen LogP contribution in [0.5, 0.6) is 0 Å². The van der Waals surface area contributed by atoms with Crippen molar-refractivity contribution in [3.8, 4) is 0 Å². The van der Waals surface area contributed by atoms with Gasteiger partial charge in [-0.3, -0.25) is 4.68 Å². The van der Waals surface area contributed by atoms with Crippen LogP contribution in [-0.4, -0.2) is 58.2 Å². The highest BCUT2D eigenvalue weighted by Crippen LogP contribution is 2.42. The zero-order valence-corrected chi connectivity index (χ0v) is 16.3. The molecule has 3 heterocycles. The highest BCUT2D eigenvalue weighted by Gasteiger charge is 2.47. The minimum atomic E-state index is -4.38. The highest BCUT2D eigenvalue weighted by atomic mass is 19.4. The van der Waals surface area contributed by atoms with Crippen molar-refractivity contribution in [3.05, 3.63) is 53.3 Å². The van der Waals surface area contributed by atoms with Crippen molar-refractivity contribution in [1.82, 2.24) is 20.0 Å². The normalized spacial score (nSPS) is 24.3. The van der Waals surface area contributed by atoms with E-state index in [1.807, 2.05) is 30.3 Å².